The zero-order chi connectivity index (χ0) is 14.7. The highest BCUT2D eigenvalue weighted by molar-refractivity contribution is 5.88. The normalized spacial score (nSPS) is 10.3. The van der Waals surface area contributed by atoms with Crippen LogP contribution in [0.15, 0.2) is 30.3 Å². The Bertz CT molecular complexity index is 656. The number of nitrogens with one attached hydrogen (secondary N) is 1. The molecule has 0 radical (unpaired) electrons. The number of rotatable bonds is 4. The Labute approximate surface area is 116 Å². The molecule has 0 aliphatic heterocycles. The summed E-state index contributed by atoms with van der Waals surface area (Å²) in [6.07, 6.45) is 0.637. The van der Waals surface area contributed by atoms with E-state index in [1.807, 2.05) is 6.92 Å². The standard InChI is InChI=1S/C15H15FN2O2/c1-3-11-7-10(15(19)20)8-14(17-11)18-12-4-5-13(16)9(2)6-12/h4-8H,3H2,1-2H3,(H,17,18)(H,19,20). The van der Waals surface area contributed by atoms with Crippen LogP contribution >= 0.6 is 0 Å². The number of nitrogens with zero attached hydrogens (tertiary/aromatic N) is 1. The lowest BCUT2D eigenvalue weighted by molar-refractivity contribution is 0.0696. The van der Waals surface area contributed by atoms with Gasteiger partial charge in [-0.2, -0.15) is 0 Å². The van der Waals surface area contributed by atoms with E-state index in [1.54, 1.807) is 25.1 Å². The summed E-state index contributed by atoms with van der Waals surface area (Å²) in [7, 11) is 0. The van der Waals surface area contributed by atoms with E-state index >= 15 is 0 Å². The summed E-state index contributed by atoms with van der Waals surface area (Å²) >= 11 is 0. The highest BCUT2D eigenvalue weighted by Crippen LogP contribution is 2.19. The maximum Gasteiger partial charge on any atom is 0.335 e. The van der Waals surface area contributed by atoms with Gasteiger partial charge in [-0.05, 0) is 49.2 Å². The van der Waals surface area contributed by atoms with E-state index in [2.05, 4.69) is 10.3 Å². The summed E-state index contributed by atoms with van der Waals surface area (Å²) < 4.78 is 13.2. The van der Waals surface area contributed by atoms with E-state index in [1.165, 1.54) is 12.1 Å². The molecule has 1 aromatic carbocycles. The number of hydrogen-bond acceptors (Lipinski definition) is 3. The monoisotopic (exact) mass is 274 g/mol. The minimum absolute atomic E-state index is 0.179. The zero-order valence-electron chi connectivity index (χ0n) is 11.3. The van der Waals surface area contributed by atoms with E-state index in [4.69, 9.17) is 5.11 Å². The molecule has 20 heavy (non-hydrogen) atoms. The second-order valence-corrected chi connectivity index (χ2v) is 4.48. The van der Waals surface area contributed by atoms with E-state index < -0.39 is 5.97 Å². The predicted octanol–water partition coefficient (Wildman–Crippen LogP) is 3.53. The van der Waals surface area contributed by atoms with Crippen molar-refractivity contribution in [1.29, 1.82) is 0 Å². The predicted molar refractivity (Wildman–Crippen MR) is 75.0 cm³/mol. The number of pyridine rings is 1. The van der Waals surface area contributed by atoms with E-state index in [0.717, 1.165) is 0 Å². The van der Waals surface area contributed by atoms with Crippen molar-refractivity contribution in [2.24, 2.45) is 0 Å². The van der Waals surface area contributed by atoms with Crippen molar-refractivity contribution >= 4 is 17.5 Å². The van der Waals surface area contributed by atoms with Crippen LogP contribution in [0.25, 0.3) is 0 Å². The largest absolute Gasteiger partial charge is 0.478 e. The van der Waals surface area contributed by atoms with Crippen LogP contribution in [0.2, 0.25) is 0 Å². The first kappa shape index (κ1) is 14.0. The second-order valence-electron chi connectivity index (χ2n) is 4.48. The highest BCUT2D eigenvalue weighted by Gasteiger charge is 2.08. The molecule has 104 valence electrons. The average molecular weight is 274 g/mol. The van der Waals surface area contributed by atoms with E-state index in [0.29, 0.717) is 29.2 Å². The fourth-order valence-electron chi connectivity index (χ4n) is 1.83. The van der Waals surface area contributed by atoms with Crippen LogP contribution in [-0.4, -0.2) is 16.1 Å². The smallest absolute Gasteiger partial charge is 0.335 e. The van der Waals surface area contributed by atoms with Gasteiger partial charge in [-0.3, -0.25) is 0 Å². The second kappa shape index (κ2) is 5.69. The molecule has 1 aromatic heterocycles. The lowest BCUT2D eigenvalue weighted by atomic mass is 10.2. The fourth-order valence-corrected chi connectivity index (χ4v) is 1.83. The lowest BCUT2D eigenvalue weighted by Gasteiger charge is -2.09. The number of carboxylic acid groups (broad SMARTS) is 1. The van der Waals surface area contributed by atoms with Gasteiger partial charge in [0.15, 0.2) is 0 Å². The molecule has 0 bridgehead atoms. The molecular formula is C15H15FN2O2. The van der Waals surface area contributed by atoms with Crippen molar-refractivity contribution in [3.8, 4) is 0 Å². The molecule has 0 aliphatic carbocycles. The summed E-state index contributed by atoms with van der Waals surface area (Å²) in [5.41, 5.74) is 2.05. The Morgan fingerprint density at radius 1 is 1.35 bits per heavy atom. The van der Waals surface area contributed by atoms with Gasteiger partial charge in [-0.25, -0.2) is 14.2 Å². The van der Waals surface area contributed by atoms with E-state index in [-0.39, 0.29) is 11.4 Å². The average Bonchev–Trinajstić information content (AvgIpc) is 2.42. The minimum atomic E-state index is -1.000. The van der Waals surface area contributed by atoms with Crippen molar-refractivity contribution in [2.45, 2.75) is 20.3 Å². The van der Waals surface area contributed by atoms with Gasteiger partial charge in [0.25, 0.3) is 0 Å². The molecule has 2 aromatic rings. The van der Waals surface area contributed by atoms with Crippen molar-refractivity contribution in [2.75, 3.05) is 5.32 Å². The Morgan fingerprint density at radius 2 is 2.10 bits per heavy atom. The third kappa shape index (κ3) is 3.12. The van der Waals surface area contributed by atoms with Gasteiger partial charge >= 0.3 is 5.97 Å². The summed E-state index contributed by atoms with van der Waals surface area (Å²) in [6.45, 7) is 3.57. The molecule has 0 aliphatic rings. The number of hydrogen-bond donors (Lipinski definition) is 2. The number of aryl methyl sites for hydroxylation is 2. The van der Waals surface area contributed by atoms with Gasteiger partial charge in [0.05, 0.1) is 5.56 Å². The first-order chi connectivity index (χ1) is 9.49. The highest BCUT2D eigenvalue weighted by atomic mass is 19.1. The van der Waals surface area contributed by atoms with Gasteiger partial charge in [0.2, 0.25) is 0 Å². The van der Waals surface area contributed by atoms with Crippen LogP contribution in [-0.2, 0) is 6.42 Å². The van der Waals surface area contributed by atoms with Crippen LogP contribution in [0.5, 0.6) is 0 Å². The Morgan fingerprint density at radius 3 is 2.70 bits per heavy atom. The topological polar surface area (TPSA) is 62.2 Å². The van der Waals surface area contributed by atoms with Gasteiger partial charge < -0.3 is 10.4 Å². The quantitative estimate of drug-likeness (QED) is 0.895. The van der Waals surface area contributed by atoms with Crippen LogP contribution in [0.3, 0.4) is 0 Å². The van der Waals surface area contributed by atoms with Gasteiger partial charge in [0.1, 0.15) is 11.6 Å². The molecule has 0 saturated heterocycles. The number of anilines is 2. The fraction of sp³-hybridized carbons (Fsp3) is 0.200. The van der Waals surface area contributed by atoms with Gasteiger partial charge in [-0.1, -0.05) is 6.92 Å². The van der Waals surface area contributed by atoms with Crippen LogP contribution < -0.4 is 5.32 Å². The number of aromatic nitrogens is 1. The molecule has 1 heterocycles. The molecule has 0 saturated carbocycles. The van der Waals surface area contributed by atoms with Crippen molar-refractivity contribution in [1.82, 2.24) is 4.98 Å². The van der Waals surface area contributed by atoms with Crippen LogP contribution in [0.4, 0.5) is 15.9 Å². The first-order valence-electron chi connectivity index (χ1n) is 6.27. The number of carboxylic acids is 1. The Balaban J connectivity index is 2.34. The number of halogens is 1. The first-order valence-corrected chi connectivity index (χ1v) is 6.27. The zero-order valence-corrected chi connectivity index (χ0v) is 11.3. The number of carbonyl (C=O) groups is 1. The Kier molecular flexibility index (Phi) is 3.98. The summed E-state index contributed by atoms with van der Waals surface area (Å²) in [5, 5.41) is 12.1. The van der Waals surface area contributed by atoms with Crippen LogP contribution in [0.1, 0.15) is 28.5 Å². The SMILES string of the molecule is CCc1cc(C(=O)O)cc(Nc2ccc(F)c(C)c2)n1. The number of aromatic carboxylic acids is 1. The molecule has 0 amide bonds. The molecule has 0 spiro atoms. The third-order valence-electron chi connectivity index (χ3n) is 2.92. The molecule has 2 rings (SSSR count). The molecular weight excluding hydrogens is 259 g/mol. The third-order valence-corrected chi connectivity index (χ3v) is 2.92. The van der Waals surface area contributed by atoms with E-state index in [9.17, 15) is 9.18 Å². The van der Waals surface area contributed by atoms with Crippen molar-refractivity contribution in [3.63, 3.8) is 0 Å². The van der Waals surface area contributed by atoms with Crippen LogP contribution in [0, 0.1) is 12.7 Å². The Hall–Kier alpha value is -2.43. The number of benzene rings is 1. The summed E-state index contributed by atoms with van der Waals surface area (Å²) in [5.74, 6) is -0.842. The lowest BCUT2D eigenvalue weighted by Crippen LogP contribution is -2.03. The van der Waals surface area contributed by atoms with Crippen molar-refractivity contribution < 1.29 is 14.3 Å². The van der Waals surface area contributed by atoms with Gasteiger partial charge in [-0.15, -0.1) is 0 Å². The summed E-state index contributed by atoms with van der Waals surface area (Å²) in [4.78, 5) is 15.4. The molecule has 5 heteroatoms. The maximum atomic E-state index is 13.2. The van der Waals surface area contributed by atoms with Crippen molar-refractivity contribution in [3.05, 3.63) is 53.0 Å². The molecule has 4 nitrogen and oxygen atoms in total. The molecule has 0 fully saturated rings. The molecule has 0 unspecified atom stereocenters. The minimum Gasteiger partial charge on any atom is -0.478 e. The summed E-state index contributed by atoms with van der Waals surface area (Å²) in [6, 6.07) is 7.60. The molecule has 2 N–H and O–H groups in total. The maximum absolute atomic E-state index is 13.2. The van der Waals surface area contributed by atoms with Gasteiger partial charge in [0, 0.05) is 11.4 Å². The molecule has 0 atom stereocenters.